The largest absolute Gasteiger partial charge is 0.497 e. The summed E-state index contributed by atoms with van der Waals surface area (Å²) in [5.74, 6) is 1.06. The van der Waals surface area contributed by atoms with Crippen molar-refractivity contribution in [2.45, 2.75) is 0 Å². The van der Waals surface area contributed by atoms with Gasteiger partial charge in [-0.25, -0.2) is 9.97 Å². The lowest BCUT2D eigenvalue weighted by Gasteiger charge is -2.11. The van der Waals surface area contributed by atoms with E-state index in [1.165, 1.54) is 19.5 Å². The van der Waals surface area contributed by atoms with Crippen molar-refractivity contribution < 1.29 is 14.3 Å². The molecule has 3 rings (SSSR count). The van der Waals surface area contributed by atoms with Gasteiger partial charge < -0.3 is 20.1 Å². The number of amides is 1. The highest BCUT2D eigenvalue weighted by Gasteiger charge is 2.12. The topological polar surface area (TPSA) is 109 Å². The van der Waals surface area contributed by atoms with Gasteiger partial charge >= 0.3 is 0 Å². The van der Waals surface area contributed by atoms with Crippen molar-refractivity contribution in [1.82, 2.24) is 9.97 Å². The molecule has 0 saturated heterocycles. The minimum absolute atomic E-state index is 0.287. The van der Waals surface area contributed by atoms with Crippen molar-refractivity contribution in [3.63, 3.8) is 0 Å². The molecule has 0 radical (unpaired) electrons. The van der Waals surface area contributed by atoms with E-state index in [1.807, 2.05) is 0 Å². The first-order valence-corrected chi connectivity index (χ1v) is 8.25. The molecule has 8 heteroatoms. The third kappa shape index (κ3) is 4.34. The molecule has 3 aromatic rings. The molecule has 0 aliphatic heterocycles. The summed E-state index contributed by atoms with van der Waals surface area (Å²) in [7, 11) is 3.06. The second-order valence-corrected chi connectivity index (χ2v) is 5.63. The van der Waals surface area contributed by atoms with Gasteiger partial charge in [0.05, 0.1) is 37.1 Å². The van der Waals surface area contributed by atoms with Gasteiger partial charge in [0.2, 0.25) is 5.95 Å². The van der Waals surface area contributed by atoms with Crippen molar-refractivity contribution >= 4 is 23.2 Å². The number of ether oxygens (including phenoxy) is 2. The summed E-state index contributed by atoms with van der Waals surface area (Å²) in [5.41, 5.74) is 2.06. The summed E-state index contributed by atoms with van der Waals surface area (Å²) >= 11 is 0. The Balaban J connectivity index is 1.70. The molecule has 1 amide bonds. The van der Waals surface area contributed by atoms with Gasteiger partial charge in [-0.15, -0.1) is 0 Å². The predicted molar refractivity (Wildman–Crippen MR) is 104 cm³/mol. The van der Waals surface area contributed by atoms with Crippen LogP contribution in [0.5, 0.6) is 11.5 Å². The van der Waals surface area contributed by atoms with Crippen LogP contribution in [0.1, 0.15) is 15.9 Å². The molecule has 2 N–H and O–H groups in total. The fraction of sp³-hybridized carbons (Fsp3) is 0.100. The number of methoxy groups -OCH3 is 2. The van der Waals surface area contributed by atoms with E-state index in [4.69, 9.17) is 14.7 Å². The monoisotopic (exact) mass is 375 g/mol. The minimum Gasteiger partial charge on any atom is -0.497 e. The van der Waals surface area contributed by atoms with Crippen LogP contribution in [0, 0.1) is 11.3 Å². The highest BCUT2D eigenvalue weighted by Crippen LogP contribution is 2.29. The summed E-state index contributed by atoms with van der Waals surface area (Å²) in [6.45, 7) is 0. The van der Waals surface area contributed by atoms with Gasteiger partial charge in [0.25, 0.3) is 5.91 Å². The normalized spacial score (nSPS) is 9.89. The molecule has 0 fully saturated rings. The Kier molecular flexibility index (Phi) is 5.67. The summed E-state index contributed by atoms with van der Waals surface area (Å²) in [6, 6.07) is 14.0. The molecular formula is C20H17N5O3. The Morgan fingerprint density at radius 2 is 1.75 bits per heavy atom. The van der Waals surface area contributed by atoms with E-state index in [9.17, 15) is 4.79 Å². The van der Waals surface area contributed by atoms with Crippen LogP contribution < -0.4 is 20.1 Å². The number of nitrogens with one attached hydrogen (secondary N) is 2. The molecule has 0 spiro atoms. The zero-order valence-corrected chi connectivity index (χ0v) is 15.3. The molecule has 0 bridgehead atoms. The van der Waals surface area contributed by atoms with Gasteiger partial charge in [-0.2, -0.15) is 5.26 Å². The van der Waals surface area contributed by atoms with Gasteiger partial charge in [0.15, 0.2) is 0 Å². The summed E-state index contributed by atoms with van der Waals surface area (Å²) in [5, 5.41) is 14.6. The van der Waals surface area contributed by atoms with Gasteiger partial charge in [0.1, 0.15) is 11.5 Å². The lowest BCUT2D eigenvalue weighted by Crippen LogP contribution is -2.14. The number of nitriles is 1. The minimum atomic E-state index is -0.378. The molecule has 0 saturated carbocycles. The van der Waals surface area contributed by atoms with E-state index in [0.717, 1.165) is 5.69 Å². The fourth-order valence-corrected chi connectivity index (χ4v) is 2.37. The van der Waals surface area contributed by atoms with Crippen LogP contribution in [0.3, 0.4) is 0 Å². The molecule has 0 aliphatic carbocycles. The Morgan fingerprint density at radius 1 is 1.04 bits per heavy atom. The highest BCUT2D eigenvalue weighted by atomic mass is 16.5. The first kappa shape index (κ1) is 18.7. The maximum Gasteiger partial charge on any atom is 0.258 e. The van der Waals surface area contributed by atoms with E-state index >= 15 is 0 Å². The smallest absolute Gasteiger partial charge is 0.258 e. The molecule has 28 heavy (non-hydrogen) atoms. The van der Waals surface area contributed by atoms with Crippen LogP contribution in [0.15, 0.2) is 54.9 Å². The molecule has 140 valence electrons. The second kappa shape index (κ2) is 8.51. The number of carbonyl (C=O) groups is 1. The average molecular weight is 375 g/mol. The van der Waals surface area contributed by atoms with Crippen LogP contribution in [0.25, 0.3) is 0 Å². The molecule has 1 heterocycles. The lowest BCUT2D eigenvalue weighted by atomic mass is 10.2. The molecule has 0 aliphatic rings. The van der Waals surface area contributed by atoms with Crippen molar-refractivity contribution in [3.8, 4) is 17.6 Å². The Labute approximate surface area is 161 Å². The third-order valence-electron chi connectivity index (χ3n) is 3.84. The van der Waals surface area contributed by atoms with Gasteiger partial charge in [0, 0.05) is 24.1 Å². The maximum atomic E-state index is 12.5. The van der Waals surface area contributed by atoms with Gasteiger partial charge in [-0.3, -0.25) is 4.79 Å². The van der Waals surface area contributed by atoms with E-state index in [2.05, 4.69) is 26.7 Å². The average Bonchev–Trinajstić information content (AvgIpc) is 2.74. The number of carbonyl (C=O) groups excluding carboxylic acids is 1. The van der Waals surface area contributed by atoms with Crippen LogP contribution in [0.2, 0.25) is 0 Å². The number of hydrogen-bond acceptors (Lipinski definition) is 7. The second-order valence-electron chi connectivity index (χ2n) is 5.63. The zero-order chi connectivity index (χ0) is 19.9. The zero-order valence-electron chi connectivity index (χ0n) is 15.3. The quantitative estimate of drug-likeness (QED) is 0.680. The van der Waals surface area contributed by atoms with Gasteiger partial charge in [-0.05, 0) is 36.4 Å². The van der Waals surface area contributed by atoms with Crippen molar-refractivity contribution in [2.24, 2.45) is 0 Å². The molecule has 2 aromatic carbocycles. The number of nitrogens with zero attached hydrogens (tertiary/aromatic N) is 3. The SMILES string of the molecule is COc1ccc(OC)c(NC(=O)c2cnc(Nc3ccc(C#N)cc3)nc2)c1. The van der Waals surface area contributed by atoms with E-state index < -0.39 is 0 Å². The number of benzene rings is 2. The molecule has 8 nitrogen and oxygen atoms in total. The molecule has 1 aromatic heterocycles. The molecule has 0 unspecified atom stereocenters. The number of hydrogen-bond donors (Lipinski definition) is 2. The summed E-state index contributed by atoms with van der Waals surface area (Å²) in [6.07, 6.45) is 2.84. The fourth-order valence-electron chi connectivity index (χ4n) is 2.37. The molecular weight excluding hydrogens is 358 g/mol. The first-order valence-electron chi connectivity index (χ1n) is 8.25. The highest BCUT2D eigenvalue weighted by molar-refractivity contribution is 6.04. The lowest BCUT2D eigenvalue weighted by molar-refractivity contribution is 0.102. The maximum absolute atomic E-state index is 12.5. The number of rotatable bonds is 6. The van der Waals surface area contributed by atoms with E-state index in [0.29, 0.717) is 28.7 Å². The number of aromatic nitrogens is 2. The number of anilines is 3. The van der Waals surface area contributed by atoms with Gasteiger partial charge in [-0.1, -0.05) is 0 Å². The Hall–Kier alpha value is -4.12. The Bertz CT molecular complexity index is 1010. The van der Waals surface area contributed by atoms with Crippen molar-refractivity contribution in [2.75, 3.05) is 24.9 Å². The van der Waals surface area contributed by atoms with Crippen molar-refractivity contribution in [3.05, 3.63) is 66.0 Å². The van der Waals surface area contributed by atoms with Crippen LogP contribution >= 0.6 is 0 Å². The first-order chi connectivity index (χ1) is 13.6. The van der Waals surface area contributed by atoms with Crippen LogP contribution in [-0.4, -0.2) is 30.1 Å². The van der Waals surface area contributed by atoms with Crippen LogP contribution in [-0.2, 0) is 0 Å². The van der Waals surface area contributed by atoms with E-state index in [-0.39, 0.29) is 11.5 Å². The standard InChI is InChI=1S/C20H17N5O3/c1-27-16-7-8-18(28-2)17(9-16)25-19(26)14-11-22-20(23-12-14)24-15-5-3-13(10-21)4-6-15/h3-9,11-12H,1-2H3,(H,25,26)(H,22,23,24). The Morgan fingerprint density at radius 3 is 2.36 bits per heavy atom. The van der Waals surface area contributed by atoms with E-state index in [1.54, 1.807) is 49.6 Å². The predicted octanol–water partition coefficient (Wildman–Crippen LogP) is 3.36. The summed E-state index contributed by atoms with van der Waals surface area (Å²) in [4.78, 5) is 20.8. The van der Waals surface area contributed by atoms with Crippen molar-refractivity contribution in [1.29, 1.82) is 5.26 Å². The van der Waals surface area contributed by atoms with Crippen LogP contribution in [0.4, 0.5) is 17.3 Å². The third-order valence-corrected chi connectivity index (χ3v) is 3.84. The molecule has 0 atom stereocenters. The summed E-state index contributed by atoms with van der Waals surface area (Å²) < 4.78 is 10.4.